The standard InChI is InChI=1S/C26H21FN2O5S/c27-23-19(24(30)29-14-35-13-22(29)25(31)32)10-5-11-21(23)28-26(33)34-12-20-17-8-3-1-6-15(17)16-7-2-4-9-18(16)20/h1-11,20,22H,12-14H2,(H,28,33)(H,31,32). The first-order valence-corrected chi connectivity index (χ1v) is 12.1. The minimum absolute atomic E-state index is 0.0609. The molecule has 1 saturated heterocycles. The molecule has 2 aliphatic rings. The Morgan fingerprint density at radius 2 is 1.66 bits per heavy atom. The number of carboxylic acids is 1. The van der Waals surface area contributed by atoms with E-state index in [0.717, 1.165) is 27.2 Å². The number of hydrogen-bond donors (Lipinski definition) is 2. The Hall–Kier alpha value is -3.85. The van der Waals surface area contributed by atoms with E-state index >= 15 is 4.39 Å². The van der Waals surface area contributed by atoms with Crippen LogP contribution >= 0.6 is 11.8 Å². The molecule has 3 aromatic carbocycles. The molecule has 0 aromatic heterocycles. The maximum atomic E-state index is 15.1. The van der Waals surface area contributed by atoms with Crippen molar-refractivity contribution in [3.8, 4) is 11.1 Å². The molecule has 5 rings (SSSR count). The van der Waals surface area contributed by atoms with E-state index in [1.54, 1.807) is 0 Å². The molecule has 1 atom stereocenters. The lowest BCUT2D eigenvalue weighted by Crippen LogP contribution is -2.42. The second kappa shape index (κ2) is 9.42. The molecule has 0 saturated carbocycles. The number of amides is 2. The molecule has 2 N–H and O–H groups in total. The van der Waals surface area contributed by atoms with Gasteiger partial charge in [-0.3, -0.25) is 10.1 Å². The summed E-state index contributed by atoms with van der Waals surface area (Å²) in [6.45, 7) is 0.0609. The summed E-state index contributed by atoms with van der Waals surface area (Å²) in [7, 11) is 0. The van der Waals surface area contributed by atoms with Gasteiger partial charge >= 0.3 is 12.1 Å². The van der Waals surface area contributed by atoms with Crippen molar-refractivity contribution in [3.05, 3.63) is 89.2 Å². The number of anilines is 1. The van der Waals surface area contributed by atoms with Gasteiger partial charge in [0.25, 0.3) is 5.91 Å². The van der Waals surface area contributed by atoms with Crippen LogP contribution in [0.2, 0.25) is 0 Å². The van der Waals surface area contributed by atoms with Gasteiger partial charge in [0.15, 0.2) is 5.82 Å². The summed E-state index contributed by atoms with van der Waals surface area (Å²) in [5.41, 5.74) is 3.76. The number of carboxylic acid groups (broad SMARTS) is 1. The van der Waals surface area contributed by atoms with Gasteiger partial charge in [-0.15, -0.1) is 11.8 Å². The van der Waals surface area contributed by atoms with Gasteiger partial charge in [0, 0.05) is 11.7 Å². The van der Waals surface area contributed by atoms with E-state index < -0.39 is 29.8 Å². The maximum absolute atomic E-state index is 15.1. The molecule has 1 fully saturated rings. The fraction of sp³-hybridized carbons (Fsp3) is 0.192. The molecule has 35 heavy (non-hydrogen) atoms. The van der Waals surface area contributed by atoms with Crippen LogP contribution in [0.15, 0.2) is 66.7 Å². The molecular formula is C26H21FN2O5S. The van der Waals surface area contributed by atoms with Crippen LogP contribution < -0.4 is 5.32 Å². The van der Waals surface area contributed by atoms with Crippen LogP contribution in [0.3, 0.4) is 0 Å². The van der Waals surface area contributed by atoms with Crippen molar-refractivity contribution in [1.82, 2.24) is 4.90 Å². The van der Waals surface area contributed by atoms with E-state index in [9.17, 15) is 19.5 Å². The molecule has 0 bridgehead atoms. The first kappa shape index (κ1) is 22.9. The highest BCUT2D eigenvalue weighted by molar-refractivity contribution is 7.99. The van der Waals surface area contributed by atoms with Crippen LogP contribution in [0.4, 0.5) is 14.9 Å². The van der Waals surface area contributed by atoms with Gasteiger partial charge in [0.2, 0.25) is 0 Å². The van der Waals surface area contributed by atoms with Crippen molar-refractivity contribution >= 4 is 35.4 Å². The molecule has 178 valence electrons. The third-order valence-corrected chi connectivity index (χ3v) is 7.25. The lowest BCUT2D eigenvalue weighted by molar-refractivity contribution is -0.140. The summed E-state index contributed by atoms with van der Waals surface area (Å²) in [6.07, 6.45) is -0.851. The second-order valence-electron chi connectivity index (χ2n) is 8.25. The number of fused-ring (bicyclic) bond motifs is 3. The van der Waals surface area contributed by atoms with E-state index in [4.69, 9.17) is 4.74 Å². The zero-order valence-electron chi connectivity index (χ0n) is 18.4. The summed E-state index contributed by atoms with van der Waals surface area (Å²) in [6, 6.07) is 18.8. The third kappa shape index (κ3) is 4.23. The number of rotatable bonds is 5. The number of ether oxygens (including phenoxy) is 1. The van der Waals surface area contributed by atoms with E-state index in [-0.39, 0.29) is 35.4 Å². The molecule has 1 aliphatic heterocycles. The topological polar surface area (TPSA) is 95.9 Å². The van der Waals surface area contributed by atoms with Crippen molar-refractivity contribution < 1.29 is 28.6 Å². The Morgan fingerprint density at radius 1 is 1.00 bits per heavy atom. The smallest absolute Gasteiger partial charge is 0.411 e. The molecule has 1 unspecified atom stereocenters. The Bertz CT molecular complexity index is 1290. The molecule has 2 amide bonds. The lowest BCUT2D eigenvalue weighted by Gasteiger charge is -2.21. The number of carbonyl (C=O) groups is 3. The summed E-state index contributed by atoms with van der Waals surface area (Å²) in [5.74, 6) is -2.58. The average Bonchev–Trinajstić information content (AvgIpc) is 3.47. The van der Waals surface area contributed by atoms with E-state index in [1.165, 1.54) is 30.0 Å². The fourth-order valence-corrected chi connectivity index (χ4v) is 5.69. The SMILES string of the molecule is O=C(Nc1cccc(C(=O)N2CSCC2C(=O)O)c1F)OCC1c2ccccc2-c2ccccc21. The number of thioether (sulfide) groups is 1. The Labute approximate surface area is 204 Å². The first-order chi connectivity index (χ1) is 17.0. The largest absolute Gasteiger partial charge is 0.480 e. The monoisotopic (exact) mass is 492 g/mol. The molecule has 1 aliphatic carbocycles. The van der Waals surface area contributed by atoms with Crippen LogP contribution in [-0.2, 0) is 9.53 Å². The first-order valence-electron chi connectivity index (χ1n) is 11.0. The quantitative estimate of drug-likeness (QED) is 0.532. The van der Waals surface area contributed by atoms with Crippen molar-refractivity contribution in [3.63, 3.8) is 0 Å². The number of halogens is 1. The highest BCUT2D eigenvalue weighted by Gasteiger charge is 2.36. The van der Waals surface area contributed by atoms with Gasteiger partial charge in [-0.25, -0.2) is 14.0 Å². The predicted molar refractivity (Wildman–Crippen MR) is 130 cm³/mol. The summed E-state index contributed by atoms with van der Waals surface area (Å²) >= 11 is 1.28. The molecule has 9 heteroatoms. The van der Waals surface area contributed by atoms with Gasteiger partial charge in [-0.05, 0) is 34.4 Å². The summed E-state index contributed by atoms with van der Waals surface area (Å²) in [4.78, 5) is 37.9. The van der Waals surface area contributed by atoms with Crippen molar-refractivity contribution in [2.45, 2.75) is 12.0 Å². The number of nitrogens with one attached hydrogen (secondary N) is 1. The van der Waals surface area contributed by atoms with Crippen LogP contribution in [0.25, 0.3) is 11.1 Å². The van der Waals surface area contributed by atoms with Gasteiger partial charge < -0.3 is 14.7 Å². The Morgan fingerprint density at radius 3 is 2.31 bits per heavy atom. The van der Waals surface area contributed by atoms with Gasteiger partial charge in [0.1, 0.15) is 12.6 Å². The molecule has 0 radical (unpaired) electrons. The summed E-state index contributed by atoms with van der Waals surface area (Å²) in [5, 5.41) is 11.7. The molecule has 3 aromatic rings. The maximum Gasteiger partial charge on any atom is 0.411 e. The third-order valence-electron chi connectivity index (χ3n) is 6.24. The average molecular weight is 493 g/mol. The Kier molecular flexibility index (Phi) is 6.17. The van der Waals surface area contributed by atoms with Gasteiger partial charge in [-0.2, -0.15) is 0 Å². The molecule has 0 spiro atoms. The number of nitrogens with zero attached hydrogens (tertiary/aromatic N) is 1. The minimum atomic E-state index is -1.14. The van der Waals surface area contributed by atoms with Gasteiger partial charge in [0.05, 0.1) is 17.1 Å². The van der Waals surface area contributed by atoms with Crippen molar-refractivity contribution in [1.29, 1.82) is 0 Å². The molecular weight excluding hydrogens is 471 g/mol. The highest BCUT2D eigenvalue weighted by atomic mass is 32.2. The predicted octanol–water partition coefficient (Wildman–Crippen LogP) is 4.79. The lowest BCUT2D eigenvalue weighted by atomic mass is 9.98. The van der Waals surface area contributed by atoms with Crippen molar-refractivity contribution in [2.24, 2.45) is 0 Å². The van der Waals surface area contributed by atoms with Crippen LogP contribution in [0.5, 0.6) is 0 Å². The van der Waals surface area contributed by atoms with Crippen LogP contribution in [0, 0.1) is 5.82 Å². The number of carbonyl (C=O) groups excluding carboxylic acids is 2. The minimum Gasteiger partial charge on any atom is -0.480 e. The molecule has 1 heterocycles. The summed E-state index contributed by atoms with van der Waals surface area (Å²) < 4.78 is 20.6. The van der Waals surface area contributed by atoms with E-state index in [1.807, 2.05) is 48.5 Å². The van der Waals surface area contributed by atoms with Crippen LogP contribution in [0.1, 0.15) is 27.4 Å². The van der Waals surface area contributed by atoms with Crippen molar-refractivity contribution in [2.75, 3.05) is 23.6 Å². The van der Waals surface area contributed by atoms with E-state index in [0.29, 0.717) is 0 Å². The highest BCUT2D eigenvalue weighted by Crippen LogP contribution is 2.44. The Balaban J connectivity index is 1.29. The number of hydrogen-bond acceptors (Lipinski definition) is 5. The normalized spacial score (nSPS) is 16.5. The fourth-order valence-electron chi connectivity index (χ4n) is 4.54. The van der Waals surface area contributed by atoms with Crippen LogP contribution in [-0.4, -0.2) is 52.3 Å². The molecule has 7 nitrogen and oxygen atoms in total. The number of aliphatic carboxylic acids is 1. The van der Waals surface area contributed by atoms with E-state index in [2.05, 4.69) is 5.32 Å². The second-order valence-corrected chi connectivity index (χ2v) is 9.25. The zero-order chi connectivity index (χ0) is 24.5. The number of benzene rings is 3. The zero-order valence-corrected chi connectivity index (χ0v) is 19.3. The van der Waals surface area contributed by atoms with Gasteiger partial charge in [-0.1, -0.05) is 54.6 Å².